The summed E-state index contributed by atoms with van der Waals surface area (Å²) in [6, 6.07) is 0. The Morgan fingerprint density at radius 1 is 1.60 bits per heavy atom. The Bertz CT molecular complexity index is 229. The number of hydrogen-bond acceptors (Lipinski definition) is 2. The molecule has 0 spiro atoms. The van der Waals surface area contributed by atoms with Crippen LogP contribution in [0.25, 0.3) is 0 Å². The summed E-state index contributed by atoms with van der Waals surface area (Å²) in [5.74, 6) is 0.782. The maximum Gasteiger partial charge on any atom is 0.183 e. The molecule has 0 unspecified atom stereocenters. The second-order valence-corrected chi connectivity index (χ2v) is 4.29. The Morgan fingerprint density at radius 2 is 2.40 bits per heavy atom. The van der Waals surface area contributed by atoms with Crippen LogP contribution in [0, 0.1) is 0 Å². The standard InChI is InChI=1S/C7H8ClNS/c8-7-9-4-6(10-7)5-2-1-3-5/h4-5H,1-3H2. The number of aromatic nitrogens is 1. The molecule has 1 aliphatic rings. The molecule has 0 bridgehead atoms. The van der Waals surface area contributed by atoms with Crippen molar-refractivity contribution in [2.45, 2.75) is 25.2 Å². The van der Waals surface area contributed by atoms with Crippen LogP contribution in [0.4, 0.5) is 0 Å². The van der Waals surface area contributed by atoms with E-state index >= 15 is 0 Å². The van der Waals surface area contributed by atoms with Crippen molar-refractivity contribution in [3.8, 4) is 0 Å². The molecule has 0 N–H and O–H groups in total. The Hall–Kier alpha value is -0.0800. The van der Waals surface area contributed by atoms with Crippen LogP contribution in [0.3, 0.4) is 0 Å². The smallest absolute Gasteiger partial charge is 0.183 e. The maximum absolute atomic E-state index is 5.69. The Morgan fingerprint density at radius 3 is 2.80 bits per heavy atom. The largest absolute Gasteiger partial charge is 0.233 e. The van der Waals surface area contributed by atoms with Crippen LogP contribution in [0.2, 0.25) is 4.47 Å². The molecular formula is C7H8ClNS. The second kappa shape index (κ2) is 2.51. The van der Waals surface area contributed by atoms with Gasteiger partial charge in [-0.15, -0.1) is 11.3 Å². The quantitative estimate of drug-likeness (QED) is 0.636. The number of nitrogens with zero attached hydrogens (tertiary/aromatic N) is 1. The first-order valence-corrected chi connectivity index (χ1v) is 4.67. The first kappa shape index (κ1) is 6.62. The summed E-state index contributed by atoms with van der Waals surface area (Å²) in [6.07, 6.45) is 5.95. The normalized spacial score (nSPS) is 18.9. The third-order valence-electron chi connectivity index (χ3n) is 2.00. The van der Waals surface area contributed by atoms with E-state index in [0.717, 1.165) is 5.92 Å². The molecule has 1 aliphatic carbocycles. The minimum Gasteiger partial charge on any atom is -0.233 e. The molecule has 1 saturated carbocycles. The molecule has 1 nitrogen and oxygen atoms in total. The highest BCUT2D eigenvalue weighted by Gasteiger charge is 2.21. The molecule has 10 heavy (non-hydrogen) atoms. The Kier molecular flexibility index (Phi) is 1.66. The zero-order chi connectivity index (χ0) is 6.97. The molecule has 3 heteroatoms. The van der Waals surface area contributed by atoms with Crippen molar-refractivity contribution in [3.63, 3.8) is 0 Å². The van der Waals surface area contributed by atoms with Gasteiger partial charge in [-0.05, 0) is 18.8 Å². The first-order chi connectivity index (χ1) is 4.86. The fraction of sp³-hybridized carbons (Fsp3) is 0.571. The van der Waals surface area contributed by atoms with Gasteiger partial charge in [0.1, 0.15) is 0 Å². The van der Waals surface area contributed by atoms with E-state index in [4.69, 9.17) is 11.6 Å². The van der Waals surface area contributed by atoms with E-state index in [2.05, 4.69) is 4.98 Å². The van der Waals surface area contributed by atoms with E-state index in [0.29, 0.717) is 4.47 Å². The fourth-order valence-corrected chi connectivity index (χ4v) is 2.27. The summed E-state index contributed by atoms with van der Waals surface area (Å²) in [7, 11) is 0. The van der Waals surface area contributed by atoms with Crippen LogP contribution < -0.4 is 0 Å². The molecule has 1 fully saturated rings. The molecule has 2 rings (SSSR count). The van der Waals surface area contributed by atoms with Crippen molar-refractivity contribution in [2.24, 2.45) is 0 Å². The van der Waals surface area contributed by atoms with Gasteiger partial charge in [-0.2, -0.15) is 0 Å². The lowest BCUT2D eigenvalue weighted by Gasteiger charge is -2.23. The van der Waals surface area contributed by atoms with Crippen LogP contribution in [-0.4, -0.2) is 4.98 Å². The van der Waals surface area contributed by atoms with Crippen molar-refractivity contribution < 1.29 is 0 Å². The summed E-state index contributed by atoms with van der Waals surface area (Å²) < 4.78 is 0.682. The summed E-state index contributed by atoms with van der Waals surface area (Å²) in [4.78, 5) is 5.38. The minimum absolute atomic E-state index is 0.682. The zero-order valence-corrected chi connectivity index (χ0v) is 7.08. The van der Waals surface area contributed by atoms with E-state index in [-0.39, 0.29) is 0 Å². The van der Waals surface area contributed by atoms with Gasteiger partial charge in [0.2, 0.25) is 0 Å². The van der Waals surface area contributed by atoms with Gasteiger partial charge in [-0.3, -0.25) is 0 Å². The topological polar surface area (TPSA) is 12.9 Å². The second-order valence-electron chi connectivity index (χ2n) is 2.64. The van der Waals surface area contributed by atoms with Gasteiger partial charge in [-0.25, -0.2) is 4.98 Å². The van der Waals surface area contributed by atoms with Crippen molar-refractivity contribution in [3.05, 3.63) is 15.5 Å². The van der Waals surface area contributed by atoms with Gasteiger partial charge in [0.15, 0.2) is 4.47 Å². The van der Waals surface area contributed by atoms with E-state index in [9.17, 15) is 0 Å². The molecular weight excluding hydrogens is 166 g/mol. The summed E-state index contributed by atoms with van der Waals surface area (Å²) in [5, 5.41) is 0. The average molecular weight is 174 g/mol. The third kappa shape index (κ3) is 1.06. The highest BCUT2D eigenvalue weighted by atomic mass is 35.5. The van der Waals surface area contributed by atoms with Gasteiger partial charge < -0.3 is 0 Å². The van der Waals surface area contributed by atoms with Crippen LogP contribution in [-0.2, 0) is 0 Å². The lowest BCUT2D eigenvalue weighted by atomic mass is 9.85. The molecule has 0 saturated heterocycles. The molecule has 0 radical (unpaired) electrons. The van der Waals surface area contributed by atoms with Crippen LogP contribution in [0.15, 0.2) is 6.20 Å². The first-order valence-electron chi connectivity index (χ1n) is 3.47. The van der Waals surface area contributed by atoms with Crippen LogP contribution in [0.5, 0.6) is 0 Å². The number of thiazole rings is 1. The van der Waals surface area contributed by atoms with E-state index in [1.807, 2.05) is 6.20 Å². The lowest BCUT2D eigenvalue weighted by Crippen LogP contribution is -2.06. The van der Waals surface area contributed by atoms with Crippen LogP contribution >= 0.6 is 22.9 Å². The predicted octanol–water partition coefficient (Wildman–Crippen LogP) is 3.06. The van der Waals surface area contributed by atoms with Crippen molar-refractivity contribution in [1.82, 2.24) is 4.98 Å². The predicted molar refractivity (Wildman–Crippen MR) is 43.7 cm³/mol. The number of rotatable bonds is 1. The van der Waals surface area contributed by atoms with Gasteiger partial charge in [0, 0.05) is 11.1 Å². The summed E-state index contributed by atoms with van der Waals surface area (Å²) >= 11 is 7.32. The monoisotopic (exact) mass is 173 g/mol. The Balaban J connectivity index is 2.17. The molecule has 0 aliphatic heterocycles. The van der Waals surface area contributed by atoms with Crippen LogP contribution in [0.1, 0.15) is 30.1 Å². The Labute approximate surface area is 69.0 Å². The molecule has 0 atom stereocenters. The fourth-order valence-electron chi connectivity index (χ4n) is 1.15. The van der Waals surface area contributed by atoms with Crippen molar-refractivity contribution >= 4 is 22.9 Å². The molecule has 0 amide bonds. The van der Waals surface area contributed by atoms with Gasteiger partial charge in [0.25, 0.3) is 0 Å². The minimum atomic E-state index is 0.682. The third-order valence-corrected chi connectivity index (χ3v) is 3.28. The lowest BCUT2D eigenvalue weighted by molar-refractivity contribution is 0.425. The summed E-state index contributed by atoms with van der Waals surface area (Å²) in [5.41, 5.74) is 0. The molecule has 0 aromatic carbocycles. The highest BCUT2D eigenvalue weighted by Crippen LogP contribution is 2.39. The molecule has 1 aromatic heterocycles. The van der Waals surface area contributed by atoms with E-state index < -0.39 is 0 Å². The summed E-state index contributed by atoms with van der Waals surface area (Å²) in [6.45, 7) is 0. The zero-order valence-electron chi connectivity index (χ0n) is 5.51. The average Bonchev–Trinajstić information content (AvgIpc) is 2.10. The molecule has 1 aromatic rings. The highest BCUT2D eigenvalue weighted by molar-refractivity contribution is 7.15. The molecule has 1 heterocycles. The maximum atomic E-state index is 5.69. The molecule has 54 valence electrons. The van der Waals surface area contributed by atoms with Gasteiger partial charge >= 0.3 is 0 Å². The van der Waals surface area contributed by atoms with Gasteiger partial charge in [-0.1, -0.05) is 18.0 Å². The van der Waals surface area contributed by atoms with E-state index in [1.165, 1.54) is 24.1 Å². The van der Waals surface area contributed by atoms with Crippen molar-refractivity contribution in [1.29, 1.82) is 0 Å². The number of hydrogen-bond donors (Lipinski definition) is 0. The van der Waals surface area contributed by atoms with Gasteiger partial charge in [0.05, 0.1) is 0 Å². The SMILES string of the molecule is Clc1ncc(C2CCC2)s1. The van der Waals surface area contributed by atoms with E-state index in [1.54, 1.807) is 11.3 Å². The number of halogens is 1. The van der Waals surface area contributed by atoms with Crippen molar-refractivity contribution in [2.75, 3.05) is 0 Å².